The molecule has 0 atom stereocenters. The van der Waals surface area contributed by atoms with Crippen LogP contribution in [0.2, 0.25) is 0 Å². The van der Waals surface area contributed by atoms with Crippen LogP contribution in [0.15, 0.2) is 235 Å². The Kier molecular flexibility index (Phi) is 8.17. The van der Waals surface area contributed by atoms with Crippen molar-refractivity contribution in [2.75, 3.05) is 4.90 Å². The second-order valence-corrected chi connectivity index (χ2v) is 15.6. The molecule has 0 unspecified atom stereocenters. The lowest BCUT2D eigenvalue weighted by Gasteiger charge is -2.30. The molecular formula is C58H38N2O. The Morgan fingerprint density at radius 2 is 0.902 bits per heavy atom. The lowest BCUT2D eigenvalue weighted by molar-refractivity contribution is 0.670. The van der Waals surface area contributed by atoms with Crippen molar-refractivity contribution in [3.05, 3.63) is 231 Å². The van der Waals surface area contributed by atoms with Crippen molar-refractivity contribution in [2.24, 2.45) is 0 Å². The van der Waals surface area contributed by atoms with Crippen LogP contribution in [-0.4, -0.2) is 4.57 Å². The molecule has 3 nitrogen and oxygen atoms in total. The quantitative estimate of drug-likeness (QED) is 0.161. The largest absolute Gasteiger partial charge is 0.455 e. The van der Waals surface area contributed by atoms with E-state index in [2.05, 4.69) is 234 Å². The van der Waals surface area contributed by atoms with Crippen molar-refractivity contribution in [1.82, 2.24) is 4.57 Å². The lowest BCUT2D eigenvalue weighted by atomic mass is 9.96. The average molecular weight is 779 g/mol. The van der Waals surface area contributed by atoms with E-state index in [1.165, 1.54) is 32.6 Å². The first kappa shape index (κ1) is 34.9. The molecule has 0 spiro atoms. The fourth-order valence-corrected chi connectivity index (χ4v) is 9.44. The lowest BCUT2D eigenvalue weighted by Crippen LogP contribution is -2.13. The van der Waals surface area contributed by atoms with Gasteiger partial charge in [0.25, 0.3) is 0 Å². The first-order chi connectivity index (χ1) is 30.3. The van der Waals surface area contributed by atoms with Crippen LogP contribution in [0.25, 0.3) is 93.6 Å². The minimum atomic E-state index is 0.892. The van der Waals surface area contributed by atoms with Gasteiger partial charge in [-0.3, -0.25) is 0 Å². The molecule has 0 radical (unpaired) electrons. The van der Waals surface area contributed by atoms with Gasteiger partial charge in [-0.1, -0.05) is 176 Å². The van der Waals surface area contributed by atoms with E-state index >= 15 is 0 Å². The maximum atomic E-state index is 6.59. The Bertz CT molecular complexity index is 3570. The standard InChI is InChI=1S/C58H38N2O/c1-2-18-40-37-42(36-35-39(40)17-1)44-21-3-9-29-52(44)59(43-20-15-19-41(38-43)45-27-16-28-51-50-26-8-14-34-57(50)61-58(45)51)53-30-10-4-22-46(53)47-23-5-11-31-54(47)60-55-32-12-6-24-48(55)49-25-7-13-33-56(49)60/h1-38H. The minimum absolute atomic E-state index is 0.892. The fraction of sp³-hybridized carbons (Fsp3) is 0. The number of fused-ring (bicyclic) bond motifs is 7. The molecular weight excluding hydrogens is 741 g/mol. The molecule has 2 aromatic heterocycles. The summed E-state index contributed by atoms with van der Waals surface area (Å²) in [5.41, 5.74) is 15.2. The van der Waals surface area contributed by atoms with Gasteiger partial charge in [0.2, 0.25) is 0 Å². The Hall–Kier alpha value is -8.14. The molecule has 0 saturated carbocycles. The topological polar surface area (TPSA) is 21.3 Å². The summed E-state index contributed by atoms with van der Waals surface area (Å²) in [6.45, 7) is 0. The maximum Gasteiger partial charge on any atom is 0.143 e. The van der Waals surface area contributed by atoms with E-state index in [0.29, 0.717) is 0 Å². The number of para-hydroxylation sites is 7. The van der Waals surface area contributed by atoms with Crippen LogP contribution in [0.4, 0.5) is 17.1 Å². The van der Waals surface area contributed by atoms with E-state index < -0.39 is 0 Å². The molecule has 61 heavy (non-hydrogen) atoms. The zero-order chi connectivity index (χ0) is 40.3. The van der Waals surface area contributed by atoms with Crippen LogP contribution in [0.5, 0.6) is 0 Å². The summed E-state index contributed by atoms with van der Waals surface area (Å²) in [7, 11) is 0. The molecule has 0 aliphatic carbocycles. The van der Waals surface area contributed by atoms with E-state index in [9.17, 15) is 0 Å². The van der Waals surface area contributed by atoms with Gasteiger partial charge >= 0.3 is 0 Å². The van der Waals surface area contributed by atoms with Crippen molar-refractivity contribution in [3.63, 3.8) is 0 Å². The third-order valence-corrected chi connectivity index (χ3v) is 12.2. The molecule has 2 heterocycles. The number of rotatable bonds is 7. The second-order valence-electron chi connectivity index (χ2n) is 15.6. The van der Waals surface area contributed by atoms with Gasteiger partial charge in [-0.25, -0.2) is 0 Å². The molecule has 0 amide bonds. The Morgan fingerprint density at radius 1 is 0.344 bits per heavy atom. The molecule has 0 fully saturated rings. The number of hydrogen-bond acceptors (Lipinski definition) is 2. The monoisotopic (exact) mass is 778 g/mol. The summed E-state index contributed by atoms with van der Waals surface area (Å²) in [6, 6.07) is 83.0. The van der Waals surface area contributed by atoms with Gasteiger partial charge in [0.15, 0.2) is 0 Å². The van der Waals surface area contributed by atoms with Crippen molar-refractivity contribution >= 4 is 71.6 Å². The third-order valence-electron chi connectivity index (χ3n) is 12.2. The first-order valence-electron chi connectivity index (χ1n) is 20.8. The normalized spacial score (nSPS) is 11.6. The summed E-state index contributed by atoms with van der Waals surface area (Å²) in [4.78, 5) is 2.45. The van der Waals surface area contributed by atoms with Gasteiger partial charge in [0, 0.05) is 49.5 Å². The Labute approximate surface area is 353 Å². The predicted molar refractivity (Wildman–Crippen MR) is 257 cm³/mol. The van der Waals surface area contributed by atoms with Gasteiger partial charge in [-0.05, 0) is 76.5 Å². The molecule has 0 saturated heterocycles. The van der Waals surface area contributed by atoms with Crippen molar-refractivity contribution in [3.8, 4) is 39.1 Å². The number of benzene rings is 10. The van der Waals surface area contributed by atoms with Crippen LogP contribution >= 0.6 is 0 Å². The summed E-state index contributed by atoms with van der Waals surface area (Å²) in [6.07, 6.45) is 0. The zero-order valence-electron chi connectivity index (χ0n) is 33.2. The number of furan rings is 1. The molecule has 10 aromatic carbocycles. The van der Waals surface area contributed by atoms with Crippen LogP contribution in [0.3, 0.4) is 0 Å². The van der Waals surface area contributed by atoms with E-state index in [0.717, 1.165) is 78.1 Å². The fourth-order valence-electron chi connectivity index (χ4n) is 9.44. The molecule has 3 heteroatoms. The molecule has 0 aliphatic heterocycles. The molecule has 286 valence electrons. The van der Waals surface area contributed by atoms with Crippen LogP contribution in [0.1, 0.15) is 0 Å². The Morgan fingerprint density at radius 3 is 1.70 bits per heavy atom. The highest BCUT2D eigenvalue weighted by atomic mass is 16.3. The summed E-state index contributed by atoms with van der Waals surface area (Å²) < 4.78 is 9.02. The summed E-state index contributed by atoms with van der Waals surface area (Å²) in [5, 5.41) is 7.15. The molecule has 0 N–H and O–H groups in total. The van der Waals surface area contributed by atoms with E-state index in [4.69, 9.17) is 4.42 Å². The molecule has 12 aromatic rings. The maximum absolute atomic E-state index is 6.59. The third kappa shape index (κ3) is 5.74. The highest BCUT2D eigenvalue weighted by Crippen LogP contribution is 2.48. The van der Waals surface area contributed by atoms with Gasteiger partial charge in [0.1, 0.15) is 11.2 Å². The smallest absolute Gasteiger partial charge is 0.143 e. The number of hydrogen-bond donors (Lipinski definition) is 0. The first-order valence-corrected chi connectivity index (χ1v) is 20.8. The number of aromatic nitrogens is 1. The average Bonchev–Trinajstić information content (AvgIpc) is 3.88. The van der Waals surface area contributed by atoms with Crippen molar-refractivity contribution < 1.29 is 4.42 Å². The Balaban J connectivity index is 1.11. The second kappa shape index (κ2) is 14.3. The molecule has 12 rings (SSSR count). The summed E-state index contributed by atoms with van der Waals surface area (Å²) in [5.74, 6) is 0. The number of anilines is 3. The van der Waals surface area contributed by atoms with Gasteiger partial charge in [0.05, 0.1) is 28.1 Å². The van der Waals surface area contributed by atoms with Gasteiger partial charge < -0.3 is 13.9 Å². The van der Waals surface area contributed by atoms with Crippen molar-refractivity contribution in [2.45, 2.75) is 0 Å². The van der Waals surface area contributed by atoms with Crippen LogP contribution in [-0.2, 0) is 0 Å². The summed E-state index contributed by atoms with van der Waals surface area (Å²) >= 11 is 0. The predicted octanol–water partition coefficient (Wildman–Crippen LogP) is 16.3. The van der Waals surface area contributed by atoms with E-state index in [1.807, 2.05) is 6.07 Å². The highest BCUT2D eigenvalue weighted by Gasteiger charge is 2.24. The number of nitrogens with zero attached hydrogens (tertiary/aromatic N) is 2. The molecule has 0 bridgehead atoms. The van der Waals surface area contributed by atoms with Crippen molar-refractivity contribution in [1.29, 1.82) is 0 Å². The van der Waals surface area contributed by atoms with Crippen LogP contribution < -0.4 is 4.90 Å². The van der Waals surface area contributed by atoms with E-state index in [1.54, 1.807) is 0 Å². The highest BCUT2D eigenvalue weighted by molar-refractivity contribution is 6.11. The SMILES string of the molecule is c1cc(-c2cccc3c2oc2ccccc23)cc(N(c2ccccc2-c2ccc3ccccc3c2)c2ccccc2-c2ccccc2-n2c3ccccc3c3ccccc32)c1. The molecule has 0 aliphatic rings. The minimum Gasteiger partial charge on any atom is -0.455 e. The zero-order valence-corrected chi connectivity index (χ0v) is 33.2. The van der Waals surface area contributed by atoms with Crippen LogP contribution in [0, 0.1) is 0 Å². The van der Waals surface area contributed by atoms with Gasteiger partial charge in [-0.15, -0.1) is 0 Å². The van der Waals surface area contributed by atoms with E-state index in [-0.39, 0.29) is 0 Å². The van der Waals surface area contributed by atoms with Gasteiger partial charge in [-0.2, -0.15) is 0 Å².